The number of ketones is 1. The van der Waals surface area contributed by atoms with Crippen LogP contribution in [0.4, 0.5) is 5.69 Å². The molecule has 0 aromatic heterocycles. The second-order valence-electron chi connectivity index (χ2n) is 7.36. The maximum atomic E-state index is 13.2. The van der Waals surface area contributed by atoms with E-state index >= 15 is 0 Å². The van der Waals surface area contributed by atoms with Gasteiger partial charge < -0.3 is 9.47 Å². The van der Waals surface area contributed by atoms with Gasteiger partial charge in [-0.15, -0.1) is 0 Å². The van der Waals surface area contributed by atoms with Gasteiger partial charge in [-0.2, -0.15) is 0 Å². The molecule has 5 rings (SSSR count). The summed E-state index contributed by atoms with van der Waals surface area (Å²) < 4.78 is 10.9. The van der Waals surface area contributed by atoms with Crippen LogP contribution in [0.3, 0.4) is 0 Å². The number of nitrogens with zero attached hydrogens (tertiary/aromatic N) is 1. The van der Waals surface area contributed by atoms with Gasteiger partial charge in [-0.1, -0.05) is 29.3 Å². The monoisotopic (exact) mass is 429 g/mol. The number of fused-ring (bicyclic) bond motifs is 1. The number of Topliss-reactive ketones (excluding diaryl/α,β-unsaturated/α-hetero) is 1. The Balaban J connectivity index is 1.64. The van der Waals surface area contributed by atoms with Crippen molar-refractivity contribution in [1.29, 1.82) is 0 Å². The number of halogens is 2. The molecule has 1 aliphatic carbocycles. The van der Waals surface area contributed by atoms with Crippen LogP contribution in [0, 0.1) is 0 Å². The summed E-state index contributed by atoms with van der Waals surface area (Å²) in [5.74, 6) is 1.02. The van der Waals surface area contributed by atoms with Crippen LogP contribution in [0.1, 0.15) is 37.2 Å². The van der Waals surface area contributed by atoms with Crippen molar-refractivity contribution in [2.75, 3.05) is 11.7 Å². The minimum absolute atomic E-state index is 0.0829. The third-order valence-electron chi connectivity index (χ3n) is 5.58. The van der Waals surface area contributed by atoms with Gasteiger partial charge in [-0.3, -0.25) is 14.5 Å². The minimum atomic E-state index is -0.300. The summed E-state index contributed by atoms with van der Waals surface area (Å²) in [7, 11) is 0. The van der Waals surface area contributed by atoms with Crippen molar-refractivity contribution in [3.8, 4) is 11.5 Å². The average molecular weight is 430 g/mol. The third kappa shape index (κ3) is 3.18. The summed E-state index contributed by atoms with van der Waals surface area (Å²) in [6.07, 6.45) is 2.04. The van der Waals surface area contributed by atoms with Crippen molar-refractivity contribution in [3.63, 3.8) is 0 Å². The van der Waals surface area contributed by atoms with Gasteiger partial charge >= 0.3 is 0 Å². The van der Waals surface area contributed by atoms with Crippen molar-refractivity contribution in [2.24, 2.45) is 0 Å². The molecule has 0 radical (unpaired) electrons. The van der Waals surface area contributed by atoms with Gasteiger partial charge in [-0.25, -0.2) is 0 Å². The SMILES string of the molecule is O=C1CCCC2=C1[C@H](c1ccc3c(c1)OCO3)CC(=O)N2c1cc(Cl)cc(Cl)c1. The van der Waals surface area contributed by atoms with E-state index in [2.05, 4.69) is 0 Å². The van der Waals surface area contributed by atoms with Crippen LogP contribution in [0.25, 0.3) is 0 Å². The molecule has 0 fully saturated rings. The summed E-state index contributed by atoms with van der Waals surface area (Å²) >= 11 is 12.3. The Hall–Kier alpha value is -2.50. The largest absolute Gasteiger partial charge is 0.454 e. The van der Waals surface area contributed by atoms with E-state index in [9.17, 15) is 9.59 Å². The lowest BCUT2D eigenvalue weighted by Crippen LogP contribution is -2.40. The van der Waals surface area contributed by atoms with Gasteiger partial charge in [0.1, 0.15) is 0 Å². The highest BCUT2D eigenvalue weighted by molar-refractivity contribution is 6.35. The van der Waals surface area contributed by atoms with E-state index in [4.69, 9.17) is 32.7 Å². The fourth-order valence-electron chi connectivity index (χ4n) is 4.38. The number of carbonyl (C=O) groups is 2. The van der Waals surface area contributed by atoms with Crippen molar-refractivity contribution < 1.29 is 19.1 Å². The molecular weight excluding hydrogens is 413 g/mol. The molecule has 7 heteroatoms. The Bertz CT molecular complexity index is 1060. The molecule has 1 atom stereocenters. The molecule has 2 heterocycles. The highest BCUT2D eigenvalue weighted by Crippen LogP contribution is 2.46. The van der Waals surface area contributed by atoms with Crippen molar-refractivity contribution >= 4 is 40.6 Å². The summed E-state index contributed by atoms with van der Waals surface area (Å²) in [6.45, 7) is 0.179. The molecule has 5 nitrogen and oxygen atoms in total. The van der Waals surface area contributed by atoms with E-state index in [0.717, 1.165) is 11.3 Å². The number of rotatable bonds is 2. The fraction of sp³-hybridized carbons (Fsp3) is 0.273. The Labute approximate surface area is 177 Å². The van der Waals surface area contributed by atoms with Crippen molar-refractivity contribution in [2.45, 2.75) is 31.6 Å². The number of carbonyl (C=O) groups excluding carboxylic acids is 2. The van der Waals surface area contributed by atoms with Gasteiger partial charge in [-0.05, 0) is 48.7 Å². The first kappa shape index (κ1) is 18.5. The molecule has 0 saturated heterocycles. The zero-order chi connectivity index (χ0) is 20.1. The lowest BCUT2D eigenvalue weighted by molar-refractivity contribution is -0.119. The number of anilines is 1. The van der Waals surface area contributed by atoms with Crippen LogP contribution in [-0.4, -0.2) is 18.5 Å². The van der Waals surface area contributed by atoms with Gasteiger partial charge in [0.25, 0.3) is 0 Å². The van der Waals surface area contributed by atoms with E-state index in [1.807, 2.05) is 18.2 Å². The van der Waals surface area contributed by atoms with Crippen LogP contribution in [0.2, 0.25) is 10.0 Å². The first-order chi connectivity index (χ1) is 14.0. The zero-order valence-electron chi connectivity index (χ0n) is 15.4. The maximum Gasteiger partial charge on any atom is 0.232 e. The normalized spacial score (nSPS) is 20.9. The second-order valence-corrected chi connectivity index (χ2v) is 8.24. The van der Waals surface area contributed by atoms with Gasteiger partial charge in [0.15, 0.2) is 17.3 Å². The molecular formula is C22H17Cl2NO4. The highest BCUT2D eigenvalue weighted by Gasteiger charge is 2.40. The Morgan fingerprint density at radius 3 is 2.48 bits per heavy atom. The summed E-state index contributed by atoms with van der Waals surface area (Å²) in [5.41, 5.74) is 2.93. The number of benzene rings is 2. The number of hydrogen-bond donors (Lipinski definition) is 0. The molecule has 3 aliphatic rings. The predicted octanol–water partition coefficient (Wildman–Crippen LogP) is 5.25. The van der Waals surface area contributed by atoms with E-state index < -0.39 is 0 Å². The van der Waals surface area contributed by atoms with E-state index in [1.54, 1.807) is 23.1 Å². The number of amides is 1. The fourth-order valence-corrected chi connectivity index (χ4v) is 4.89. The molecule has 2 aliphatic heterocycles. The lowest BCUT2D eigenvalue weighted by Gasteiger charge is -2.38. The smallest absolute Gasteiger partial charge is 0.232 e. The third-order valence-corrected chi connectivity index (χ3v) is 6.02. The van der Waals surface area contributed by atoms with E-state index in [-0.39, 0.29) is 30.8 Å². The van der Waals surface area contributed by atoms with E-state index in [0.29, 0.717) is 52.1 Å². The molecule has 0 saturated carbocycles. The van der Waals surface area contributed by atoms with E-state index in [1.165, 1.54) is 0 Å². The zero-order valence-corrected chi connectivity index (χ0v) is 16.9. The maximum absolute atomic E-state index is 13.2. The second kappa shape index (κ2) is 7.08. The molecule has 0 spiro atoms. The Kier molecular flexibility index (Phi) is 4.52. The molecule has 2 aromatic rings. The Morgan fingerprint density at radius 1 is 0.931 bits per heavy atom. The van der Waals surface area contributed by atoms with Gasteiger partial charge in [0, 0.05) is 40.1 Å². The summed E-state index contributed by atoms with van der Waals surface area (Å²) in [6, 6.07) is 10.6. The average Bonchev–Trinajstić information content (AvgIpc) is 3.14. The number of ether oxygens (including phenoxy) is 2. The molecule has 0 bridgehead atoms. The predicted molar refractivity (Wildman–Crippen MR) is 110 cm³/mol. The summed E-state index contributed by atoms with van der Waals surface area (Å²) in [5, 5.41) is 0.893. The molecule has 29 heavy (non-hydrogen) atoms. The van der Waals surface area contributed by atoms with Crippen molar-refractivity contribution in [1.82, 2.24) is 0 Å². The summed E-state index contributed by atoms with van der Waals surface area (Å²) in [4.78, 5) is 27.8. The minimum Gasteiger partial charge on any atom is -0.454 e. The van der Waals surface area contributed by atoms with Gasteiger partial charge in [0.2, 0.25) is 12.7 Å². The van der Waals surface area contributed by atoms with Crippen LogP contribution >= 0.6 is 23.2 Å². The van der Waals surface area contributed by atoms with Gasteiger partial charge in [0.05, 0.1) is 5.69 Å². The Morgan fingerprint density at radius 2 is 1.69 bits per heavy atom. The number of allylic oxidation sites excluding steroid dienone is 2. The van der Waals surface area contributed by atoms with Crippen LogP contribution in [0.5, 0.6) is 11.5 Å². The molecule has 0 N–H and O–H groups in total. The first-order valence-electron chi connectivity index (χ1n) is 9.46. The lowest BCUT2D eigenvalue weighted by atomic mass is 9.77. The molecule has 2 aromatic carbocycles. The molecule has 0 unspecified atom stereocenters. The molecule has 148 valence electrons. The quantitative estimate of drug-likeness (QED) is 0.653. The topological polar surface area (TPSA) is 55.8 Å². The van der Waals surface area contributed by atoms with Crippen LogP contribution in [0.15, 0.2) is 47.7 Å². The van der Waals surface area contributed by atoms with Crippen molar-refractivity contribution in [3.05, 3.63) is 63.3 Å². The molecule has 1 amide bonds. The number of hydrogen-bond acceptors (Lipinski definition) is 4. The first-order valence-corrected chi connectivity index (χ1v) is 10.2. The van der Waals surface area contributed by atoms with Crippen LogP contribution in [-0.2, 0) is 9.59 Å². The highest BCUT2D eigenvalue weighted by atomic mass is 35.5. The van der Waals surface area contributed by atoms with Crippen LogP contribution < -0.4 is 14.4 Å². The standard InChI is InChI=1S/C22H17Cl2NO4/c23-13-7-14(24)9-15(8-13)25-17-2-1-3-18(26)22(17)16(10-21(25)27)12-4-5-19-20(6-12)29-11-28-19/h4-9,16H,1-3,10-11H2/t16-/m0/s1.